The highest BCUT2D eigenvalue weighted by atomic mass is 32.2. The van der Waals surface area contributed by atoms with Crippen molar-refractivity contribution in [1.29, 1.82) is 0 Å². The monoisotopic (exact) mass is 410 g/mol. The van der Waals surface area contributed by atoms with Crippen LogP contribution in [-0.4, -0.2) is 29.3 Å². The van der Waals surface area contributed by atoms with Gasteiger partial charge in [0, 0.05) is 13.0 Å². The number of fused-ring (bicyclic) bond motifs is 3. The molecule has 0 amide bonds. The Morgan fingerprint density at radius 1 is 1.28 bits per heavy atom. The van der Waals surface area contributed by atoms with Gasteiger partial charge in [-0.3, -0.25) is 13.8 Å². The molecule has 29 heavy (non-hydrogen) atoms. The van der Waals surface area contributed by atoms with Gasteiger partial charge in [-0.25, -0.2) is 0 Å². The molecule has 3 heterocycles. The van der Waals surface area contributed by atoms with Crippen LogP contribution in [0.5, 0.6) is 0 Å². The second-order valence-electron chi connectivity index (χ2n) is 7.17. The molecule has 9 heteroatoms. The Labute approximate surface area is 171 Å². The molecule has 8 nitrogen and oxygen atoms in total. The second kappa shape index (κ2) is 8.20. The third kappa shape index (κ3) is 3.82. The topological polar surface area (TPSA) is 91.1 Å². The largest absolute Gasteiger partial charge is 0.338 e. The van der Waals surface area contributed by atoms with Crippen LogP contribution < -0.4 is 5.56 Å². The lowest BCUT2D eigenvalue weighted by Crippen LogP contribution is -2.22. The standard InChI is InChI=1S/C20H22N6O2S/c1-4-11-25-18(27)14-7-5-6-8-15(14)26-19(25)22-23-20(26)29-12-17-21-16(24-28-17)10-9-13(2)3/h4-8,13H,1,9-12H2,2-3H3. The fourth-order valence-electron chi connectivity index (χ4n) is 3.12. The van der Waals surface area contributed by atoms with Gasteiger partial charge in [-0.05, 0) is 24.5 Å². The van der Waals surface area contributed by atoms with Crippen molar-refractivity contribution in [2.75, 3.05) is 0 Å². The maximum absolute atomic E-state index is 12.8. The molecule has 0 unspecified atom stereocenters. The zero-order valence-corrected chi connectivity index (χ0v) is 17.2. The average Bonchev–Trinajstić information content (AvgIpc) is 3.35. The maximum Gasteiger partial charge on any atom is 0.263 e. The molecule has 0 bridgehead atoms. The number of rotatable bonds is 8. The van der Waals surface area contributed by atoms with Crippen LogP contribution in [0.3, 0.4) is 0 Å². The van der Waals surface area contributed by atoms with Gasteiger partial charge in [0.25, 0.3) is 5.56 Å². The number of nitrogens with zero attached hydrogens (tertiary/aromatic N) is 6. The molecule has 0 aliphatic heterocycles. The Bertz CT molecular complexity index is 1220. The Morgan fingerprint density at radius 2 is 2.10 bits per heavy atom. The van der Waals surface area contributed by atoms with Gasteiger partial charge >= 0.3 is 0 Å². The van der Waals surface area contributed by atoms with Crippen LogP contribution >= 0.6 is 11.8 Å². The minimum absolute atomic E-state index is 0.108. The molecule has 0 N–H and O–H groups in total. The molecule has 4 rings (SSSR count). The highest BCUT2D eigenvalue weighted by Crippen LogP contribution is 2.24. The van der Waals surface area contributed by atoms with E-state index in [0.29, 0.717) is 40.4 Å². The number of thioether (sulfide) groups is 1. The summed E-state index contributed by atoms with van der Waals surface area (Å²) in [6, 6.07) is 7.45. The maximum atomic E-state index is 12.8. The summed E-state index contributed by atoms with van der Waals surface area (Å²) in [6.45, 7) is 8.45. The summed E-state index contributed by atoms with van der Waals surface area (Å²) < 4.78 is 8.83. The van der Waals surface area contributed by atoms with Crippen LogP contribution in [0.25, 0.3) is 16.7 Å². The highest BCUT2D eigenvalue weighted by molar-refractivity contribution is 7.98. The first-order valence-electron chi connectivity index (χ1n) is 9.50. The van der Waals surface area contributed by atoms with Crippen molar-refractivity contribution in [2.45, 2.75) is 44.1 Å². The van der Waals surface area contributed by atoms with E-state index >= 15 is 0 Å². The molecule has 0 spiro atoms. The lowest BCUT2D eigenvalue weighted by molar-refractivity contribution is 0.383. The zero-order chi connectivity index (χ0) is 20.4. The predicted octanol–water partition coefficient (Wildman–Crippen LogP) is 3.49. The van der Waals surface area contributed by atoms with E-state index in [-0.39, 0.29) is 5.56 Å². The average molecular weight is 411 g/mol. The van der Waals surface area contributed by atoms with E-state index in [2.05, 4.69) is 40.8 Å². The Morgan fingerprint density at radius 3 is 2.90 bits per heavy atom. The first-order chi connectivity index (χ1) is 14.1. The Kier molecular flexibility index (Phi) is 5.48. The summed E-state index contributed by atoms with van der Waals surface area (Å²) in [5, 5.41) is 13.9. The minimum atomic E-state index is -0.108. The molecule has 0 atom stereocenters. The van der Waals surface area contributed by atoms with E-state index in [1.165, 1.54) is 11.8 Å². The number of hydrogen-bond acceptors (Lipinski definition) is 7. The molecule has 0 fully saturated rings. The highest BCUT2D eigenvalue weighted by Gasteiger charge is 2.17. The minimum Gasteiger partial charge on any atom is -0.338 e. The molecule has 4 aromatic rings. The molecule has 3 aromatic heterocycles. The van der Waals surface area contributed by atoms with Gasteiger partial charge < -0.3 is 4.52 Å². The van der Waals surface area contributed by atoms with Gasteiger partial charge in [0.05, 0.1) is 16.7 Å². The first-order valence-corrected chi connectivity index (χ1v) is 10.5. The second-order valence-corrected chi connectivity index (χ2v) is 8.11. The van der Waals surface area contributed by atoms with E-state index in [9.17, 15) is 4.79 Å². The molecule has 0 saturated carbocycles. The normalized spacial score (nSPS) is 11.7. The molecule has 0 radical (unpaired) electrons. The summed E-state index contributed by atoms with van der Waals surface area (Å²) in [6.07, 6.45) is 3.50. The van der Waals surface area contributed by atoms with Crippen LogP contribution in [0.4, 0.5) is 0 Å². The number of benzene rings is 1. The van der Waals surface area contributed by atoms with Crippen LogP contribution in [0.2, 0.25) is 0 Å². The lowest BCUT2D eigenvalue weighted by atomic mass is 10.1. The molecule has 0 aliphatic rings. The zero-order valence-electron chi connectivity index (χ0n) is 16.4. The molecule has 0 saturated heterocycles. The van der Waals surface area contributed by atoms with Crippen molar-refractivity contribution < 1.29 is 4.52 Å². The van der Waals surface area contributed by atoms with E-state index in [1.807, 2.05) is 28.7 Å². The molecular formula is C20H22N6O2S. The van der Waals surface area contributed by atoms with Gasteiger partial charge in [0.1, 0.15) is 0 Å². The number of aromatic nitrogens is 6. The predicted molar refractivity (Wildman–Crippen MR) is 112 cm³/mol. The van der Waals surface area contributed by atoms with Crippen molar-refractivity contribution in [3.8, 4) is 0 Å². The summed E-state index contributed by atoms with van der Waals surface area (Å²) in [7, 11) is 0. The smallest absolute Gasteiger partial charge is 0.263 e. The van der Waals surface area contributed by atoms with Crippen molar-refractivity contribution in [1.82, 2.24) is 29.3 Å². The van der Waals surface area contributed by atoms with Gasteiger partial charge in [-0.15, -0.1) is 16.8 Å². The quantitative estimate of drug-likeness (QED) is 0.324. The van der Waals surface area contributed by atoms with Crippen molar-refractivity contribution in [3.05, 3.63) is 59.0 Å². The van der Waals surface area contributed by atoms with Gasteiger partial charge in [0.15, 0.2) is 11.0 Å². The summed E-state index contributed by atoms with van der Waals surface area (Å²) >= 11 is 1.45. The van der Waals surface area contributed by atoms with E-state index in [1.54, 1.807) is 10.6 Å². The van der Waals surface area contributed by atoms with Crippen molar-refractivity contribution in [2.24, 2.45) is 5.92 Å². The molecule has 0 aliphatic carbocycles. The van der Waals surface area contributed by atoms with Crippen molar-refractivity contribution >= 4 is 28.4 Å². The first kappa shape index (κ1) is 19.4. The lowest BCUT2D eigenvalue weighted by Gasteiger charge is -2.09. The van der Waals surface area contributed by atoms with E-state index < -0.39 is 0 Å². The SMILES string of the molecule is C=CCn1c(=O)c2ccccc2n2c(SCc3nc(CCC(C)C)no3)nnc12. The molecule has 1 aromatic carbocycles. The number of allylic oxidation sites excluding steroid dienone is 1. The van der Waals surface area contributed by atoms with Crippen LogP contribution in [0, 0.1) is 5.92 Å². The summed E-state index contributed by atoms with van der Waals surface area (Å²) in [5.74, 6) is 2.83. The number of para-hydroxylation sites is 1. The van der Waals surface area contributed by atoms with Gasteiger partial charge in [-0.2, -0.15) is 4.98 Å². The van der Waals surface area contributed by atoms with Crippen LogP contribution in [0.15, 0.2) is 51.4 Å². The summed E-state index contributed by atoms with van der Waals surface area (Å²) in [5.41, 5.74) is 0.659. The van der Waals surface area contributed by atoms with E-state index in [0.717, 1.165) is 24.2 Å². The fraction of sp³-hybridized carbons (Fsp3) is 0.350. The fourth-order valence-corrected chi connectivity index (χ4v) is 3.89. The summed E-state index contributed by atoms with van der Waals surface area (Å²) in [4.78, 5) is 17.3. The Balaban J connectivity index is 1.67. The van der Waals surface area contributed by atoms with Gasteiger partial charge in [-0.1, -0.05) is 49.0 Å². The van der Waals surface area contributed by atoms with Crippen LogP contribution in [-0.2, 0) is 18.7 Å². The van der Waals surface area contributed by atoms with Crippen molar-refractivity contribution in [3.63, 3.8) is 0 Å². The molecule has 150 valence electrons. The Hall–Kier alpha value is -2.94. The van der Waals surface area contributed by atoms with Crippen LogP contribution in [0.1, 0.15) is 32.0 Å². The third-order valence-corrected chi connectivity index (χ3v) is 5.48. The molecular weight excluding hydrogens is 388 g/mol. The number of aryl methyl sites for hydroxylation is 1. The third-order valence-electron chi connectivity index (χ3n) is 4.57. The van der Waals surface area contributed by atoms with Gasteiger partial charge in [0.2, 0.25) is 11.7 Å². The number of hydrogen-bond donors (Lipinski definition) is 0. The van der Waals surface area contributed by atoms with E-state index in [4.69, 9.17) is 4.52 Å².